The van der Waals surface area contributed by atoms with Crippen molar-refractivity contribution in [1.82, 2.24) is 14.8 Å². The Morgan fingerprint density at radius 1 is 0.973 bits per heavy atom. The molecule has 3 aromatic carbocycles. The van der Waals surface area contributed by atoms with E-state index in [1.807, 2.05) is 24.3 Å². The molecule has 1 atom stereocenters. The summed E-state index contributed by atoms with van der Waals surface area (Å²) < 4.78 is 20.0. The third-order valence-electron chi connectivity index (χ3n) is 6.14. The average Bonchev–Trinajstić information content (AvgIpc) is 3.37. The van der Waals surface area contributed by atoms with Gasteiger partial charge in [0.15, 0.2) is 0 Å². The highest BCUT2D eigenvalue weighted by molar-refractivity contribution is 6.30. The molecule has 0 aliphatic carbocycles. The van der Waals surface area contributed by atoms with Crippen LogP contribution in [0.1, 0.15) is 23.6 Å². The molecule has 0 N–H and O–H groups in total. The topological polar surface area (TPSA) is 76.8 Å². The number of hydrogen-bond acceptors (Lipinski definition) is 5. The Bertz CT molecular complexity index is 1520. The lowest BCUT2D eigenvalue weighted by molar-refractivity contribution is -0.133. The number of amides is 1. The minimum Gasteiger partial charge on any atom is -0.497 e. The van der Waals surface area contributed by atoms with Crippen LogP contribution in [0.2, 0.25) is 5.02 Å². The van der Waals surface area contributed by atoms with Crippen molar-refractivity contribution in [2.24, 2.45) is 5.10 Å². The molecule has 5 rings (SSSR count). The summed E-state index contributed by atoms with van der Waals surface area (Å²) in [6, 6.07) is 22.9. The van der Waals surface area contributed by atoms with Gasteiger partial charge < -0.3 is 4.74 Å². The van der Waals surface area contributed by atoms with Crippen LogP contribution in [0.25, 0.3) is 11.3 Å². The van der Waals surface area contributed by atoms with Gasteiger partial charge in [0.05, 0.1) is 24.6 Å². The van der Waals surface area contributed by atoms with Crippen molar-refractivity contribution in [3.63, 3.8) is 0 Å². The molecule has 37 heavy (non-hydrogen) atoms. The number of carbonyl (C=O) groups excluding carboxylic acids is 1. The Balaban J connectivity index is 1.46. The third kappa shape index (κ3) is 5.29. The highest BCUT2D eigenvalue weighted by Gasteiger charge is 2.33. The number of aromatic nitrogens is 2. The second kappa shape index (κ2) is 10.4. The summed E-state index contributed by atoms with van der Waals surface area (Å²) in [4.78, 5) is 26.1. The fourth-order valence-electron chi connectivity index (χ4n) is 4.18. The molecule has 0 saturated heterocycles. The maximum Gasteiger partial charge on any atom is 0.267 e. The average molecular weight is 517 g/mol. The predicted molar refractivity (Wildman–Crippen MR) is 139 cm³/mol. The molecule has 0 radical (unpaired) electrons. The van der Waals surface area contributed by atoms with E-state index in [9.17, 15) is 14.0 Å². The summed E-state index contributed by atoms with van der Waals surface area (Å²) in [5.74, 6) is -0.0808. The normalized spacial score (nSPS) is 14.9. The van der Waals surface area contributed by atoms with E-state index in [4.69, 9.17) is 16.3 Å². The van der Waals surface area contributed by atoms with Gasteiger partial charge in [0.2, 0.25) is 0 Å². The van der Waals surface area contributed by atoms with Gasteiger partial charge in [-0.3, -0.25) is 9.59 Å². The van der Waals surface area contributed by atoms with Crippen LogP contribution in [0.5, 0.6) is 5.75 Å². The molecule has 7 nitrogen and oxygen atoms in total. The lowest BCUT2D eigenvalue weighted by Crippen LogP contribution is -2.34. The van der Waals surface area contributed by atoms with Gasteiger partial charge in [0.25, 0.3) is 11.5 Å². The fourth-order valence-corrected chi connectivity index (χ4v) is 4.31. The summed E-state index contributed by atoms with van der Waals surface area (Å²) in [6.07, 6.45) is 0.427. The van der Waals surface area contributed by atoms with E-state index in [1.165, 1.54) is 23.2 Å². The first-order valence-corrected chi connectivity index (χ1v) is 11.9. The molecule has 1 aromatic heterocycles. The number of halogens is 2. The standard InChI is InChI=1S/C28H22ClFN4O3/c1-37-23-12-6-19(7-13-23)25-16-26(20-4-10-22(30)11-5-20)34(32-25)28(36)17-33-27(35)15-14-24(31-33)18-2-8-21(29)9-3-18/h2-15,26H,16-17H2,1H3. The van der Waals surface area contributed by atoms with Crippen LogP contribution in [-0.4, -0.2) is 33.5 Å². The van der Waals surface area contributed by atoms with Crippen LogP contribution in [0.3, 0.4) is 0 Å². The minimum absolute atomic E-state index is 0.308. The number of methoxy groups -OCH3 is 1. The number of hydrogen-bond donors (Lipinski definition) is 0. The Hall–Kier alpha value is -4.30. The number of rotatable bonds is 6. The quantitative estimate of drug-likeness (QED) is 0.358. The van der Waals surface area contributed by atoms with E-state index in [2.05, 4.69) is 10.2 Å². The first kappa shape index (κ1) is 24.4. The van der Waals surface area contributed by atoms with E-state index in [0.29, 0.717) is 28.6 Å². The third-order valence-corrected chi connectivity index (χ3v) is 6.39. The first-order chi connectivity index (χ1) is 17.9. The second-order valence-corrected chi connectivity index (χ2v) is 8.94. The molecule has 1 aliphatic rings. The van der Waals surface area contributed by atoms with Crippen molar-refractivity contribution in [1.29, 1.82) is 0 Å². The summed E-state index contributed by atoms with van der Waals surface area (Å²) in [5, 5.41) is 10.9. The number of hydrazone groups is 1. The molecule has 0 spiro atoms. The van der Waals surface area contributed by atoms with Crippen LogP contribution < -0.4 is 10.3 Å². The van der Waals surface area contributed by atoms with Crippen molar-refractivity contribution in [3.05, 3.63) is 117 Å². The van der Waals surface area contributed by atoms with E-state index < -0.39 is 17.5 Å². The molecule has 0 saturated carbocycles. The maximum atomic E-state index is 13.6. The van der Waals surface area contributed by atoms with E-state index in [-0.39, 0.29) is 12.4 Å². The SMILES string of the molecule is COc1ccc(C2=NN(C(=O)Cn3nc(-c4ccc(Cl)cc4)ccc3=O)C(c3ccc(F)cc3)C2)cc1. The van der Waals surface area contributed by atoms with Crippen LogP contribution in [0.15, 0.2) is 94.8 Å². The monoisotopic (exact) mass is 516 g/mol. The van der Waals surface area contributed by atoms with E-state index in [1.54, 1.807) is 49.6 Å². The molecular weight excluding hydrogens is 495 g/mol. The maximum absolute atomic E-state index is 13.6. The largest absolute Gasteiger partial charge is 0.497 e. The highest BCUT2D eigenvalue weighted by atomic mass is 35.5. The van der Waals surface area contributed by atoms with Crippen molar-refractivity contribution < 1.29 is 13.9 Å². The summed E-state index contributed by atoms with van der Waals surface area (Å²) in [6.45, 7) is -0.308. The second-order valence-electron chi connectivity index (χ2n) is 8.51. The van der Waals surface area contributed by atoms with Gasteiger partial charge in [0.1, 0.15) is 18.1 Å². The van der Waals surface area contributed by atoms with Crippen LogP contribution in [-0.2, 0) is 11.3 Å². The summed E-state index contributed by atoms with van der Waals surface area (Å²) in [7, 11) is 1.59. The molecule has 186 valence electrons. The lowest BCUT2D eigenvalue weighted by Gasteiger charge is -2.22. The zero-order valence-corrected chi connectivity index (χ0v) is 20.6. The van der Waals surface area contributed by atoms with Crippen molar-refractivity contribution in [2.45, 2.75) is 19.0 Å². The summed E-state index contributed by atoms with van der Waals surface area (Å²) >= 11 is 5.98. The van der Waals surface area contributed by atoms with Gasteiger partial charge in [-0.05, 0) is 65.7 Å². The lowest BCUT2D eigenvalue weighted by atomic mass is 9.98. The molecule has 2 heterocycles. The molecular formula is C28H22ClFN4O3. The first-order valence-electron chi connectivity index (χ1n) is 11.5. The minimum atomic E-state index is -0.458. The van der Waals surface area contributed by atoms with Crippen molar-refractivity contribution in [3.8, 4) is 17.0 Å². The zero-order chi connectivity index (χ0) is 25.9. The van der Waals surface area contributed by atoms with Crippen LogP contribution in [0.4, 0.5) is 4.39 Å². The smallest absolute Gasteiger partial charge is 0.267 e. The van der Waals surface area contributed by atoms with Gasteiger partial charge >= 0.3 is 0 Å². The van der Waals surface area contributed by atoms with E-state index in [0.717, 1.165) is 21.4 Å². The number of ether oxygens (including phenoxy) is 1. The molecule has 1 amide bonds. The predicted octanol–water partition coefficient (Wildman–Crippen LogP) is 5.09. The van der Waals surface area contributed by atoms with Crippen LogP contribution >= 0.6 is 11.6 Å². The Morgan fingerprint density at radius 2 is 1.65 bits per heavy atom. The highest BCUT2D eigenvalue weighted by Crippen LogP contribution is 2.33. The number of nitrogens with zero attached hydrogens (tertiary/aromatic N) is 4. The molecule has 0 bridgehead atoms. The number of carbonyl (C=O) groups is 1. The molecule has 0 fully saturated rings. The van der Waals surface area contributed by atoms with Crippen molar-refractivity contribution in [2.75, 3.05) is 7.11 Å². The summed E-state index contributed by atoms with van der Waals surface area (Å²) in [5.41, 5.74) is 3.14. The molecule has 9 heteroatoms. The van der Waals surface area contributed by atoms with Gasteiger partial charge in [-0.2, -0.15) is 10.2 Å². The Morgan fingerprint density at radius 3 is 2.32 bits per heavy atom. The van der Waals surface area contributed by atoms with Crippen LogP contribution in [0, 0.1) is 5.82 Å². The van der Waals surface area contributed by atoms with Gasteiger partial charge in [-0.1, -0.05) is 35.9 Å². The Labute approximate surface area is 217 Å². The molecule has 1 aliphatic heterocycles. The fraction of sp³-hybridized carbons (Fsp3) is 0.143. The van der Waals surface area contributed by atoms with E-state index >= 15 is 0 Å². The van der Waals surface area contributed by atoms with Gasteiger partial charge in [-0.25, -0.2) is 14.1 Å². The zero-order valence-electron chi connectivity index (χ0n) is 19.8. The molecule has 4 aromatic rings. The molecule has 1 unspecified atom stereocenters. The van der Waals surface area contributed by atoms with Gasteiger partial charge in [-0.15, -0.1) is 0 Å². The number of benzene rings is 3. The van der Waals surface area contributed by atoms with Gasteiger partial charge in [0, 0.05) is 23.1 Å². The van der Waals surface area contributed by atoms with Crippen molar-refractivity contribution >= 4 is 23.2 Å². The Kier molecular flexibility index (Phi) is 6.83.